The van der Waals surface area contributed by atoms with Crippen LogP contribution in [-0.2, 0) is 29.3 Å². The minimum Gasteiger partial charge on any atom is -0.497 e. The Hall–Kier alpha value is -15.1. The number of nitrogens with one attached hydrogen (secondary N) is 5. The van der Waals surface area contributed by atoms with Crippen molar-refractivity contribution in [1.29, 1.82) is 0 Å². The van der Waals surface area contributed by atoms with E-state index in [1.54, 1.807) is 78.7 Å². The predicted octanol–water partition coefficient (Wildman–Crippen LogP) is 17.3. The van der Waals surface area contributed by atoms with E-state index in [0.717, 1.165) is 161 Å². The number of ether oxygens (including phenoxy) is 2. The standard InChI is InChI=1S/C37H42N8O4.C34H37N7O3.C29H34N8O3.C3H6ClNO/c1-23(39-34(46)32-40-35(49-42-32)37(2,3)4)25-12-14-26(15-13-25)29-18-19-38-33-30(29)31(27-9-8-20-44(22-27)36(47)43(5)6)41-45(33)21-24-10-16-28(48-7)17-11-24;1-21(37-32(42)30-38-33(44-40-30)34(2,3)4)23-10-12-24(13-11-23)27-16-18-36-31-28(27)29(25-7-6-17-35-19-25)39-41(31)20-22-8-14-26(43-5)15-9-22;1-17(31-26(38)25-32-27(40-35-25)29(2,3)4)18-9-11-19(12-10-18)21-13-14-30-24-22(21)23(33-34-24)20-8-7-15-37(16-20)28(39)36(5)6;1-5(2)3(4)6/h9-19,23H,8,20-22H2,1-7H3,(H,39,46);7-16,18,21,35H,6,17,19-20H2,1-5H3,(H,37,42);8-14,17H,7,15-16H2,1-6H3,(H,31,38)(H,30,33,34);1-2H3/t23-;21-;17-;/m111./s1. The number of aromatic amines is 1. The van der Waals surface area contributed by atoms with E-state index >= 15 is 0 Å². The van der Waals surface area contributed by atoms with Crippen LogP contribution in [0.3, 0.4) is 0 Å². The number of nitrogens with zero attached hydrogens (tertiary/aromatic N) is 19. The summed E-state index contributed by atoms with van der Waals surface area (Å²) < 4.78 is 30.4. The van der Waals surface area contributed by atoms with Crippen LogP contribution in [0, 0.1) is 0 Å². The van der Waals surface area contributed by atoms with Gasteiger partial charge in [0.2, 0.25) is 17.7 Å². The number of halogens is 1. The number of amides is 8. The zero-order valence-electron chi connectivity index (χ0n) is 82.1. The SMILES string of the molecule is CN(C)C(=O)Cl.COc1ccc(Cn2nc(C3=CCCN(C(=O)N(C)C)C3)c3c(-c4ccc([C@@H](C)NC(=O)c5noc(C(C)(C)C)n5)cc4)ccnc32)cc1.COc1ccc(Cn2nc(C3=CCCNC3)c3c(-c4ccc([C@@H](C)NC(=O)c5noc(C(C)(C)C)n5)cc4)ccnc32)cc1.C[C@@H](NC(=O)c1noc(C(C)(C)C)n1)c1ccc(-c2ccnc3n[nH]c(C4=CCCN(C(=O)N(C)C)C4)c23)cc1. The number of urea groups is 2. The van der Waals surface area contributed by atoms with Crippen molar-refractivity contribution >= 4 is 96.6 Å². The van der Waals surface area contributed by atoms with E-state index < -0.39 is 17.2 Å². The summed E-state index contributed by atoms with van der Waals surface area (Å²) in [6.07, 6.45) is 14.5. The lowest BCUT2D eigenvalue weighted by Gasteiger charge is -2.29. The van der Waals surface area contributed by atoms with Crippen molar-refractivity contribution in [2.75, 3.05) is 95.8 Å². The summed E-state index contributed by atoms with van der Waals surface area (Å²) in [6, 6.07) is 45.4. The molecule has 3 aliphatic heterocycles. The molecular weight excluding hydrogens is 1780 g/mol. The molecule has 36 heteroatoms. The summed E-state index contributed by atoms with van der Waals surface area (Å²) in [4.78, 5) is 109. The van der Waals surface area contributed by atoms with Crippen molar-refractivity contribution < 1.29 is 51.8 Å². The first-order chi connectivity index (χ1) is 66.3. The third kappa shape index (κ3) is 23.8. The molecule has 9 aromatic heterocycles. The molecular formula is C103H119ClN24O11. The number of methoxy groups -OCH3 is 2. The topological polar surface area (TPSA) is 405 Å². The van der Waals surface area contributed by atoms with Crippen LogP contribution >= 0.6 is 11.6 Å². The van der Waals surface area contributed by atoms with E-state index in [2.05, 4.69) is 109 Å². The number of hydrogen-bond acceptors (Lipinski definition) is 24. The van der Waals surface area contributed by atoms with Crippen molar-refractivity contribution in [2.45, 2.75) is 150 Å². The van der Waals surface area contributed by atoms with Crippen molar-refractivity contribution in [2.24, 2.45) is 0 Å². The molecule has 35 nitrogen and oxygen atoms in total. The third-order valence-corrected chi connectivity index (χ3v) is 24.0. The van der Waals surface area contributed by atoms with Gasteiger partial charge < -0.3 is 68.8 Å². The van der Waals surface area contributed by atoms with Crippen LogP contribution in [0.25, 0.3) is 83.2 Å². The van der Waals surface area contributed by atoms with Gasteiger partial charge in [0.15, 0.2) is 16.9 Å². The minimum atomic E-state index is -0.435. The molecule has 0 radical (unpaired) electrons. The molecule has 0 aliphatic carbocycles. The van der Waals surface area contributed by atoms with Crippen LogP contribution in [0.2, 0.25) is 0 Å². The number of H-pyrrole nitrogens is 1. The van der Waals surface area contributed by atoms with Crippen molar-refractivity contribution in [1.82, 2.24) is 121 Å². The summed E-state index contributed by atoms with van der Waals surface area (Å²) in [7, 11) is 13.6. The molecule has 0 spiro atoms. The van der Waals surface area contributed by atoms with Crippen LogP contribution in [0.1, 0.15) is 215 Å². The Labute approximate surface area is 811 Å². The molecule has 5 aromatic carbocycles. The van der Waals surface area contributed by atoms with E-state index in [1.807, 2.05) is 224 Å². The largest absolute Gasteiger partial charge is 0.497 e. The molecule has 5 N–H and O–H groups in total. The fraction of sp³-hybridized carbons (Fsp3) is 0.359. The number of aromatic nitrogens is 15. The Bertz CT molecular complexity index is 6850. The third-order valence-electron chi connectivity index (χ3n) is 23.6. The first-order valence-corrected chi connectivity index (χ1v) is 46.3. The van der Waals surface area contributed by atoms with Gasteiger partial charge in [0.1, 0.15) is 11.5 Å². The van der Waals surface area contributed by atoms with Gasteiger partial charge in [-0.05, 0) is 179 Å². The highest BCUT2D eigenvalue weighted by Crippen LogP contribution is 2.40. The highest BCUT2D eigenvalue weighted by molar-refractivity contribution is 6.62. The molecule has 0 saturated heterocycles. The van der Waals surface area contributed by atoms with Gasteiger partial charge >= 0.3 is 17.4 Å². The Balaban J connectivity index is 0.000000162. The zero-order valence-corrected chi connectivity index (χ0v) is 82.9. The maximum atomic E-state index is 12.9. The molecule has 3 aliphatic rings. The van der Waals surface area contributed by atoms with Gasteiger partial charge in [0, 0.05) is 110 Å². The van der Waals surface area contributed by atoms with Gasteiger partial charge in [-0.3, -0.25) is 24.3 Å². The fourth-order valence-corrected chi connectivity index (χ4v) is 15.9. The lowest BCUT2D eigenvalue weighted by atomic mass is 9.96. The van der Waals surface area contributed by atoms with Crippen LogP contribution in [-0.4, -0.2) is 231 Å². The molecule has 17 rings (SSSR count). The molecule has 0 unspecified atom stereocenters. The minimum absolute atomic E-state index is 0.00891. The van der Waals surface area contributed by atoms with Gasteiger partial charge in [-0.25, -0.2) is 33.9 Å². The number of rotatable bonds is 21. The number of hydrogen-bond donors (Lipinski definition) is 5. The number of pyridine rings is 3. The van der Waals surface area contributed by atoms with E-state index in [0.29, 0.717) is 62.6 Å². The number of carbonyl (C=O) groups excluding carboxylic acids is 6. The lowest BCUT2D eigenvalue weighted by Crippen LogP contribution is -2.42. The molecule has 724 valence electrons. The second-order valence-corrected chi connectivity index (χ2v) is 38.3. The number of benzene rings is 5. The second-order valence-electron chi connectivity index (χ2n) is 38.0. The van der Waals surface area contributed by atoms with E-state index in [4.69, 9.17) is 54.8 Å². The molecule has 12 heterocycles. The quantitative estimate of drug-likeness (QED) is 0.0329. The second kappa shape index (κ2) is 43.1. The summed E-state index contributed by atoms with van der Waals surface area (Å²) in [5, 5.41) is 44.2. The van der Waals surface area contributed by atoms with Gasteiger partial charge in [0.05, 0.1) is 78.7 Å². The molecule has 8 amide bonds. The van der Waals surface area contributed by atoms with Crippen LogP contribution in [0.4, 0.5) is 14.4 Å². The molecule has 0 fully saturated rings. The number of fused-ring (bicyclic) bond motifs is 3. The summed E-state index contributed by atoms with van der Waals surface area (Å²) in [6.45, 7) is 28.4. The predicted molar refractivity (Wildman–Crippen MR) is 533 cm³/mol. The van der Waals surface area contributed by atoms with Crippen molar-refractivity contribution in [3.63, 3.8) is 0 Å². The van der Waals surface area contributed by atoms with Crippen LogP contribution in [0.15, 0.2) is 190 Å². The number of carbonyl (C=O) groups is 6. The molecule has 14 aromatic rings. The maximum absolute atomic E-state index is 12.9. The van der Waals surface area contributed by atoms with Crippen molar-refractivity contribution in [3.8, 4) is 44.9 Å². The highest BCUT2D eigenvalue weighted by atomic mass is 35.5. The Morgan fingerprint density at radius 1 is 0.453 bits per heavy atom. The first-order valence-electron chi connectivity index (χ1n) is 45.9. The van der Waals surface area contributed by atoms with Gasteiger partial charge in [0.25, 0.3) is 35.2 Å². The highest BCUT2D eigenvalue weighted by Gasteiger charge is 2.33. The maximum Gasteiger partial charge on any atom is 0.319 e. The van der Waals surface area contributed by atoms with Gasteiger partial charge in [-0.1, -0.05) is 193 Å². The zero-order chi connectivity index (χ0) is 99.5. The summed E-state index contributed by atoms with van der Waals surface area (Å²) in [5.74, 6) is 1.75. The van der Waals surface area contributed by atoms with E-state index in [-0.39, 0.29) is 69.8 Å². The van der Waals surface area contributed by atoms with Gasteiger partial charge in [-0.15, -0.1) is 0 Å². The Morgan fingerprint density at radius 2 is 0.806 bits per heavy atom. The lowest BCUT2D eigenvalue weighted by molar-refractivity contribution is 0.0918. The summed E-state index contributed by atoms with van der Waals surface area (Å²) in [5.41, 5.74) is 18.0. The van der Waals surface area contributed by atoms with Crippen LogP contribution < -0.4 is 30.7 Å². The average molecular weight is 1900 g/mol. The van der Waals surface area contributed by atoms with E-state index in [9.17, 15) is 28.8 Å². The van der Waals surface area contributed by atoms with Crippen LogP contribution in [0.5, 0.6) is 11.5 Å². The van der Waals surface area contributed by atoms with E-state index in [1.165, 1.54) is 10.5 Å². The average Bonchev–Trinajstić information content (AvgIpc) is 1.61. The fourth-order valence-electron chi connectivity index (χ4n) is 15.9. The molecule has 139 heavy (non-hydrogen) atoms. The van der Waals surface area contributed by atoms with Crippen molar-refractivity contribution in [3.05, 3.63) is 256 Å². The molecule has 0 bridgehead atoms. The Morgan fingerprint density at radius 3 is 1.15 bits per heavy atom. The first kappa shape index (κ1) is 99.8. The van der Waals surface area contributed by atoms with Gasteiger partial charge in [-0.2, -0.15) is 30.2 Å². The monoisotopic (exact) mass is 1900 g/mol. The smallest absolute Gasteiger partial charge is 0.319 e. The molecule has 3 atom stereocenters. The summed E-state index contributed by atoms with van der Waals surface area (Å²) >= 11 is 4.90. The normalized spacial score (nSPS) is 14.0. The molecule has 0 saturated carbocycles. The Kier molecular flexibility index (Phi) is 30.9.